The average molecular weight is 446 g/mol. The van der Waals surface area contributed by atoms with Crippen LogP contribution < -0.4 is 15.5 Å². The Labute approximate surface area is 182 Å². The van der Waals surface area contributed by atoms with Crippen LogP contribution in [-0.4, -0.2) is 57.1 Å². The SMILES string of the molecule is COCC(CCCNC(=O)OC(C)(C)C)NC1CCN(c2ccc(C(F)(F)F)cc2)C1. The molecule has 0 saturated carbocycles. The number of methoxy groups -OCH3 is 1. The van der Waals surface area contributed by atoms with E-state index in [1.54, 1.807) is 7.11 Å². The highest BCUT2D eigenvalue weighted by atomic mass is 19.4. The number of halogens is 3. The highest BCUT2D eigenvalue weighted by Crippen LogP contribution is 2.31. The second-order valence-electron chi connectivity index (χ2n) is 8.87. The van der Waals surface area contributed by atoms with Gasteiger partial charge in [0.15, 0.2) is 0 Å². The first-order valence-corrected chi connectivity index (χ1v) is 10.6. The Bertz CT molecular complexity index is 690. The first-order valence-electron chi connectivity index (χ1n) is 10.6. The summed E-state index contributed by atoms with van der Waals surface area (Å²) in [6.07, 6.45) is -2.25. The summed E-state index contributed by atoms with van der Waals surface area (Å²) in [5.41, 5.74) is -0.363. The summed E-state index contributed by atoms with van der Waals surface area (Å²) in [5.74, 6) is 0. The normalized spacial score (nSPS) is 18.2. The molecule has 2 atom stereocenters. The van der Waals surface area contributed by atoms with E-state index in [4.69, 9.17) is 9.47 Å². The van der Waals surface area contributed by atoms with Crippen molar-refractivity contribution in [3.63, 3.8) is 0 Å². The lowest BCUT2D eigenvalue weighted by molar-refractivity contribution is -0.137. The lowest BCUT2D eigenvalue weighted by Gasteiger charge is -2.24. The third-order valence-electron chi connectivity index (χ3n) is 4.98. The molecule has 2 unspecified atom stereocenters. The fourth-order valence-corrected chi connectivity index (χ4v) is 3.59. The van der Waals surface area contributed by atoms with Gasteiger partial charge in [0.1, 0.15) is 5.60 Å². The van der Waals surface area contributed by atoms with Crippen LogP contribution in [-0.2, 0) is 15.7 Å². The summed E-state index contributed by atoms with van der Waals surface area (Å²) in [7, 11) is 1.65. The van der Waals surface area contributed by atoms with Crippen LogP contribution in [0.1, 0.15) is 45.6 Å². The molecule has 0 aromatic heterocycles. The van der Waals surface area contributed by atoms with Crippen molar-refractivity contribution in [3.05, 3.63) is 29.8 Å². The van der Waals surface area contributed by atoms with E-state index in [0.717, 1.165) is 50.2 Å². The summed E-state index contributed by atoms with van der Waals surface area (Å²) in [5, 5.41) is 6.34. The molecule has 2 N–H and O–H groups in total. The fourth-order valence-electron chi connectivity index (χ4n) is 3.59. The van der Waals surface area contributed by atoms with Crippen molar-refractivity contribution >= 4 is 11.8 Å². The summed E-state index contributed by atoms with van der Waals surface area (Å²) in [4.78, 5) is 13.8. The molecular weight excluding hydrogens is 411 g/mol. The monoisotopic (exact) mass is 445 g/mol. The Morgan fingerprint density at radius 1 is 1.23 bits per heavy atom. The van der Waals surface area contributed by atoms with E-state index in [-0.39, 0.29) is 12.1 Å². The first-order chi connectivity index (χ1) is 14.5. The van der Waals surface area contributed by atoms with Crippen LogP contribution in [0.4, 0.5) is 23.7 Å². The van der Waals surface area contributed by atoms with E-state index >= 15 is 0 Å². The average Bonchev–Trinajstić information content (AvgIpc) is 3.12. The third kappa shape index (κ3) is 8.95. The molecule has 31 heavy (non-hydrogen) atoms. The number of benzene rings is 1. The van der Waals surface area contributed by atoms with Gasteiger partial charge in [-0.05, 0) is 64.3 Å². The van der Waals surface area contributed by atoms with Gasteiger partial charge in [0.05, 0.1) is 12.2 Å². The maximum Gasteiger partial charge on any atom is 0.416 e. The van der Waals surface area contributed by atoms with Crippen LogP contribution in [0.3, 0.4) is 0 Å². The molecule has 176 valence electrons. The van der Waals surface area contributed by atoms with Gasteiger partial charge in [0.2, 0.25) is 0 Å². The quantitative estimate of drug-likeness (QED) is 0.558. The third-order valence-corrected chi connectivity index (χ3v) is 4.98. The Morgan fingerprint density at radius 2 is 1.90 bits per heavy atom. The van der Waals surface area contributed by atoms with E-state index in [1.807, 2.05) is 20.8 Å². The number of ether oxygens (including phenoxy) is 2. The minimum absolute atomic E-state index is 0.128. The number of alkyl carbamates (subject to hydrolysis) is 1. The molecule has 1 aliphatic rings. The van der Waals surface area contributed by atoms with Gasteiger partial charge in [-0.3, -0.25) is 0 Å². The molecule has 9 heteroatoms. The molecule has 1 aliphatic heterocycles. The van der Waals surface area contributed by atoms with Crippen molar-refractivity contribution in [1.29, 1.82) is 0 Å². The van der Waals surface area contributed by atoms with E-state index in [2.05, 4.69) is 15.5 Å². The maximum atomic E-state index is 12.8. The minimum Gasteiger partial charge on any atom is -0.444 e. The molecule has 1 aromatic rings. The highest BCUT2D eigenvalue weighted by Gasteiger charge is 2.31. The van der Waals surface area contributed by atoms with Crippen LogP contribution in [0.2, 0.25) is 0 Å². The predicted molar refractivity (Wildman–Crippen MR) is 114 cm³/mol. The van der Waals surface area contributed by atoms with E-state index in [1.165, 1.54) is 12.1 Å². The molecule has 1 heterocycles. The van der Waals surface area contributed by atoms with Gasteiger partial charge in [-0.25, -0.2) is 4.79 Å². The molecule has 0 bridgehead atoms. The Balaban J connectivity index is 1.77. The Kier molecular flexibility index (Phi) is 9.00. The maximum absolute atomic E-state index is 12.8. The van der Waals surface area contributed by atoms with Gasteiger partial charge in [-0.15, -0.1) is 0 Å². The summed E-state index contributed by atoms with van der Waals surface area (Å²) in [6.45, 7) is 8.02. The number of nitrogens with zero attached hydrogens (tertiary/aromatic N) is 1. The van der Waals surface area contributed by atoms with Crippen molar-refractivity contribution in [1.82, 2.24) is 10.6 Å². The topological polar surface area (TPSA) is 62.8 Å². The van der Waals surface area contributed by atoms with Crippen LogP contribution in [0, 0.1) is 0 Å². The molecule has 1 fully saturated rings. The molecule has 0 spiro atoms. The van der Waals surface area contributed by atoms with Gasteiger partial charge in [0, 0.05) is 44.5 Å². The van der Waals surface area contributed by atoms with Crippen LogP contribution in [0.15, 0.2) is 24.3 Å². The Morgan fingerprint density at radius 3 is 2.48 bits per heavy atom. The van der Waals surface area contributed by atoms with Crippen LogP contribution in [0.25, 0.3) is 0 Å². The highest BCUT2D eigenvalue weighted by molar-refractivity contribution is 5.67. The van der Waals surface area contributed by atoms with Crippen LogP contribution >= 0.6 is 0 Å². The summed E-state index contributed by atoms with van der Waals surface area (Å²) < 4.78 is 48.8. The molecule has 1 saturated heterocycles. The van der Waals surface area contributed by atoms with Crippen molar-refractivity contribution < 1.29 is 27.4 Å². The number of amides is 1. The van der Waals surface area contributed by atoms with Gasteiger partial charge in [0.25, 0.3) is 0 Å². The van der Waals surface area contributed by atoms with Crippen LogP contribution in [0.5, 0.6) is 0 Å². The van der Waals surface area contributed by atoms with Gasteiger partial charge < -0.3 is 25.0 Å². The standard InChI is InChI=1S/C22H34F3N3O3/c1-21(2,3)31-20(29)26-12-5-6-18(15-30-4)27-17-11-13-28(14-17)19-9-7-16(8-10-19)22(23,24)25/h7-10,17-18,27H,5-6,11-15H2,1-4H3,(H,26,29). The summed E-state index contributed by atoms with van der Waals surface area (Å²) >= 11 is 0. The van der Waals surface area contributed by atoms with E-state index in [0.29, 0.717) is 13.2 Å². The largest absolute Gasteiger partial charge is 0.444 e. The minimum atomic E-state index is -4.32. The number of alkyl halides is 3. The lowest BCUT2D eigenvalue weighted by atomic mass is 10.1. The van der Waals surface area contributed by atoms with Crippen molar-refractivity contribution in [2.24, 2.45) is 0 Å². The lowest BCUT2D eigenvalue weighted by Crippen LogP contribution is -2.43. The summed E-state index contributed by atoms with van der Waals surface area (Å²) in [6, 6.07) is 5.66. The molecule has 2 rings (SSSR count). The molecule has 1 amide bonds. The number of carbonyl (C=O) groups excluding carboxylic acids is 1. The Hall–Kier alpha value is -2.00. The molecule has 0 aliphatic carbocycles. The molecule has 0 radical (unpaired) electrons. The molecule has 1 aromatic carbocycles. The number of hydrogen-bond acceptors (Lipinski definition) is 5. The predicted octanol–water partition coefficient (Wildman–Crippen LogP) is 4.19. The number of nitrogens with one attached hydrogen (secondary N) is 2. The zero-order valence-electron chi connectivity index (χ0n) is 18.7. The van der Waals surface area contributed by atoms with Crippen molar-refractivity contribution in [3.8, 4) is 0 Å². The van der Waals surface area contributed by atoms with Crippen molar-refractivity contribution in [2.45, 2.75) is 63.9 Å². The van der Waals surface area contributed by atoms with E-state index in [9.17, 15) is 18.0 Å². The smallest absolute Gasteiger partial charge is 0.416 e. The first kappa shape index (κ1) is 25.3. The zero-order chi connectivity index (χ0) is 23.1. The van der Waals surface area contributed by atoms with Gasteiger partial charge in [-0.2, -0.15) is 13.2 Å². The fraction of sp³-hybridized carbons (Fsp3) is 0.682. The second kappa shape index (κ2) is 11.0. The van der Waals surface area contributed by atoms with E-state index < -0.39 is 23.4 Å². The number of carbonyl (C=O) groups is 1. The molecule has 6 nitrogen and oxygen atoms in total. The number of rotatable bonds is 9. The second-order valence-corrected chi connectivity index (χ2v) is 8.87. The molecular formula is C22H34F3N3O3. The van der Waals surface area contributed by atoms with Gasteiger partial charge >= 0.3 is 12.3 Å². The number of anilines is 1. The van der Waals surface area contributed by atoms with Crippen molar-refractivity contribution in [2.75, 3.05) is 38.3 Å². The van der Waals surface area contributed by atoms with Gasteiger partial charge in [-0.1, -0.05) is 0 Å². The number of hydrogen-bond donors (Lipinski definition) is 2. The zero-order valence-corrected chi connectivity index (χ0v) is 18.7.